The molecule has 1 aromatic rings. The fraction of sp³-hybridized carbons (Fsp3) is 0.625. The number of Topliss-reactive ketones (excluding diaryl/α,β-unsaturated/α-hetero) is 1. The van der Waals surface area contributed by atoms with Gasteiger partial charge in [0.1, 0.15) is 60.5 Å². The molecule has 11 atom stereocenters. The summed E-state index contributed by atoms with van der Waals surface area (Å²) >= 11 is 0. The number of fused-ring (bicyclic) bond motifs is 4. The lowest BCUT2D eigenvalue weighted by atomic mass is 9.80. The van der Waals surface area contributed by atoms with Crippen molar-refractivity contribution in [3.63, 3.8) is 0 Å². The average Bonchev–Trinajstić information content (AvgIpc) is 1.26. The largest absolute Gasteiger partial charge is 0.458 e. The molecule has 4 fully saturated rings. The lowest BCUT2D eigenvalue weighted by Crippen LogP contribution is -2.62. The van der Waals surface area contributed by atoms with E-state index in [-0.39, 0.29) is 54.0 Å². The molecule has 1 aliphatic carbocycles. The maximum absolute atomic E-state index is 15.3. The zero-order valence-corrected chi connectivity index (χ0v) is 55.1. The summed E-state index contributed by atoms with van der Waals surface area (Å²) in [6.45, 7) is 19.0. The molecule has 6 N–H and O–H groups in total. The first-order valence-electron chi connectivity index (χ1n) is 31.4. The van der Waals surface area contributed by atoms with Gasteiger partial charge in [0.15, 0.2) is 0 Å². The molecule has 0 spiro atoms. The molecule has 91 heavy (non-hydrogen) atoms. The molecule has 27 nitrogen and oxygen atoms in total. The monoisotopic (exact) mass is 1270 g/mol. The number of rotatable bonds is 9. The Morgan fingerprint density at radius 3 is 1.55 bits per heavy atom. The predicted molar refractivity (Wildman–Crippen MR) is 331 cm³/mol. The van der Waals surface area contributed by atoms with Crippen molar-refractivity contribution in [3.8, 4) is 0 Å². The van der Waals surface area contributed by atoms with Crippen LogP contribution in [0.15, 0.2) is 39.5 Å². The second-order valence-electron chi connectivity index (χ2n) is 26.1. The van der Waals surface area contributed by atoms with Gasteiger partial charge in [-0.2, -0.15) is 0 Å². The van der Waals surface area contributed by atoms with Crippen LogP contribution in [0.3, 0.4) is 0 Å². The number of nitrogens with one attached hydrogen (secondary N) is 4. The van der Waals surface area contributed by atoms with Crippen molar-refractivity contribution in [3.05, 3.63) is 51.2 Å². The molecular formula is C64H90N12O15. The summed E-state index contributed by atoms with van der Waals surface area (Å²) in [5.41, 5.74) is 6.49. The van der Waals surface area contributed by atoms with Crippen molar-refractivity contribution in [1.82, 2.24) is 50.7 Å². The van der Waals surface area contributed by atoms with E-state index in [1.54, 1.807) is 68.4 Å². The number of aliphatic imine (C=N–C) groups is 1. The van der Waals surface area contributed by atoms with Crippen LogP contribution in [-0.4, -0.2) is 227 Å². The molecule has 10 amide bonds. The standard InChI is InChI=1S/C64H90N12O15/c1-17-32(8)47-62(87)76-25-19-21-41(76)60(85)72(14)28-43(78)74(16)53(31(6)7)64(89)91-36(12)49(58(83)68-47)70-56(81)44-45(65)54(79)34(10)39-26-38-33(9)22-23-37(50(38)66-51(39)44)55(80)69-48-35(11)90-63(88)52(30(4)5)73(15)42(77)27-71(13)59(84)40-20-18-24-75(40)61(86)46(29(2)3)67-57(48)82/h22-23,29-32,35-36,40-41,46-49,52-53H,17-21,24-28,65H2,1-16H3,(H,67,82)(H,68,83)(H,69,80)(H,70,81)/t32-,35-,36-,40+,41+,46+,47-,48-,49+,52+,53+/m1/s1. The van der Waals surface area contributed by atoms with E-state index < -0.39 is 185 Å². The van der Waals surface area contributed by atoms with Crippen molar-refractivity contribution in [1.29, 1.82) is 0 Å². The molecule has 0 aromatic heterocycles. The summed E-state index contributed by atoms with van der Waals surface area (Å²) in [4.78, 5) is 200. The number of carbonyl (C=O) groups is 13. The van der Waals surface area contributed by atoms with Crippen LogP contribution in [0.5, 0.6) is 0 Å². The molecule has 6 aliphatic rings. The molecule has 496 valence electrons. The summed E-state index contributed by atoms with van der Waals surface area (Å²) in [6, 6.07) is -7.50. The summed E-state index contributed by atoms with van der Waals surface area (Å²) in [6.07, 6.45) is -1.28. The maximum Gasteiger partial charge on any atom is 0.329 e. The second-order valence-corrected chi connectivity index (χ2v) is 26.1. The Hall–Kier alpha value is -8.52. The summed E-state index contributed by atoms with van der Waals surface area (Å²) in [5, 5.41) is 10.9. The number of ketones is 1. The Bertz CT molecular complexity index is 3280. The van der Waals surface area contributed by atoms with E-state index in [1.807, 2.05) is 0 Å². The SMILES string of the molecule is CC[C@@H](C)[C@H]1NC(=O)[C@@H](NC(=O)C2=C(N)C(=O)C(C)=C3Cc4c(C)ccc(C(=O)N[C@H]5C(=O)N[C@@H](C(C)C)C(=O)N6CCC[C@H]6C(=O)N(C)CC(=O)N(C)[C@@H](C(C)C)C(=O)O[C@@H]5C)c4N=C32)[C@@H](C)OC(=O)[C@H](C(C)C)N(C)C(=O)CN(C)C(=O)[C@@H]2CCCN2C1=O. The number of ether oxygens (including phenoxy) is 2. The number of hydrogen-bond acceptors (Lipinski definition) is 17. The van der Waals surface area contributed by atoms with Gasteiger partial charge in [-0.25, -0.2) is 14.6 Å². The Morgan fingerprint density at radius 1 is 0.648 bits per heavy atom. The molecule has 1 aromatic carbocycles. The number of likely N-dealkylation sites (N-methyl/N-ethyl adjacent to an activating group) is 4. The van der Waals surface area contributed by atoms with E-state index in [0.29, 0.717) is 36.8 Å². The number of aryl methyl sites for hydroxylation is 1. The highest BCUT2D eigenvalue weighted by Gasteiger charge is 2.47. The Labute approximate surface area is 531 Å². The third kappa shape index (κ3) is 14.2. The minimum absolute atomic E-state index is 0.0253. The topological polar surface area (TPSA) is 346 Å². The number of esters is 2. The zero-order chi connectivity index (χ0) is 67.7. The molecule has 0 saturated carbocycles. The van der Waals surface area contributed by atoms with Crippen molar-refractivity contribution in [2.24, 2.45) is 34.4 Å². The van der Waals surface area contributed by atoms with Crippen LogP contribution in [-0.2, 0) is 73.4 Å². The normalized spacial score (nSPS) is 27.8. The number of amides is 10. The van der Waals surface area contributed by atoms with Crippen LogP contribution in [0.4, 0.5) is 5.69 Å². The Morgan fingerprint density at radius 2 is 1.10 bits per heavy atom. The molecular weight excluding hydrogens is 1180 g/mol. The molecule has 4 saturated heterocycles. The first-order valence-corrected chi connectivity index (χ1v) is 31.4. The number of carbonyl (C=O) groups excluding carboxylic acids is 13. The average molecular weight is 1270 g/mol. The minimum Gasteiger partial charge on any atom is -0.458 e. The fourth-order valence-electron chi connectivity index (χ4n) is 12.9. The van der Waals surface area contributed by atoms with Gasteiger partial charge in [0.2, 0.25) is 53.0 Å². The van der Waals surface area contributed by atoms with Gasteiger partial charge in [-0.05, 0) is 99.8 Å². The Kier molecular flexibility index (Phi) is 21.8. The molecule has 0 radical (unpaired) electrons. The quantitative estimate of drug-likeness (QED) is 0.168. The first kappa shape index (κ1) is 69.9. The van der Waals surface area contributed by atoms with Gasteiger partial charge in [-0.15, -0.1) is 0 Å². The molecule has 5 aliphatic heterocycles. The summed E-state index contributed by atoms with van der Waals surface area (Å²) in [7, 11) is 5.64. The van der Waals surface area contributed by atoms with Crippen molar-refractivity contribution >= 4 is 88.2 Å². The van der Waals surface area contributed by atoms with E-state index in [4.69, 9.17) is 20.2 Å². The molecule has 27 heteroatoms. The highest BCUT2D eigenvalue weighted by Crippen LogP contribution is 2.40. The number of benzene rings is 1. The molecule has 7 rings (SSSR count). The zero-order valence-electron chi connectivity index (χ0n) is 55.1. The van der Waals surface area contributed by atoms with Crippen molar-refractivity contribution in [2.75, 3.05) is 54.4 Å². The van der Waals surface area contributed by atoms with E-state index in [9.17, 15) is 47.9 Å². The summed E-state index contributed by atoms with van der Waals surface area (Å²) < 4.78 is 12.0. The van der Waals surface area contributed by atoms with Gasteiger partial charge in [-0.3, -0.25) is 52.7 Å². The van der Waals surface area contributed by atoms with Crippen LogP contribution < -0.4 is 27.0 Å². The van der Waals surface area contributed by atoms with Gasteiger partial charge in [-0.1, -0.05) is 67.9 Å². The lowest BCUT2D eigenvalue weighted by molar-refractivity contribution is -0.163. The second kappa shape index (κ2) is 28.3. The van der Waals surface area contributed by atoms with Gasteiger partial charge in [0.05, 0.1) is 41.3 Å². The highest BCUT2D eigenvalue weighted by atomic mass is 16.6. The van der Waals surface area contributed by atoms with Crippen LogP contribution in [0.1, 0.15) is 130 Å². The highest BCUT2D eigenvalue weighted by molar-refractivity contribution is 6.38. The minimum atomic E-state index is -1.84. The third-order valence-electron chi connectivity index (χ3n) is 18.6. The van der Waals surface area contributed by atoms with Gasteiger partial charge in [0.25, 0.3) is 11.8 Å². The van der Waals surface area contributed by atoms with Crippen LogP contribution >= 0.6 is 0 Å². The molecule has 5 heterocycles. The van der Waals surface area contributed by atoms with Gasteiger partial charge >= 0.3 is 11.9 Å². The van der Waals surface area contributed by atoms with Crippen LogP contribution in [0, 0.1) is 30.6 Å². The third-order valence-corrected chi connectivity index (χ3v) is 18.6. The first-order chi connectivity index (χ1) is 42.6. The van der Waals surface area contributed by atoms with Crippen LogP contribution in [0.25, 0.3) is 0 Å². The number of hydrogen-bond donors (Lipinski definition) is 5. The van der Waals surface area contributed by atoms with Crippen LogP contribution in [0.2, 0.25) is 0 Å². The summed E-state index contributed by atoms with van der Waals surface area (Å²) in [5.74, 6) is -12.4. The van der Waals surface area contributed by atoms with E-state index in [2.05, 4.69) is 21.3 Å². The van der Waals surface area contributed by atoms with Gasteiger partial charge < -0.3 is 65.9 Å². The Balaban J connectivity index is 1.29. The fourth-order valence-corrected chi connectivity index (χ4v) is 12.9. The molecule has 0 unspecified atom stereocenters. The number of allylic oxidation sites excluding steroid dienone is 2. The lowest BCUT2D eigenvalue weighted by Gasteiger charge is -2.36. The number of nitrogens with two attached hydrogens (primary N) is 1. The van der Waals surface area contributed by atoms with Crippen molar-refractivity contribution in [2.45, 2.75) is 182 Å². The number of nitrogens with zero attached hydrogens (tertiary/aromatic N) is 7. The maximum atomic E-state index is 15.3. The van der Waals surface area contributed by atoms with Gasteiger partial charge in [0, 0.05) is 53.3 Å². The van der Waals surface area contributed by atoms with E-state index in [0.717, 1.165) is 9.80 Å². The number of cyclic esters (lactones) is 2. The molecule has 0 bridgehead atoms. The van der Waals surface area contributed by atoms with E-state index >= 15 is 14.4 Å². The van der Waals surface area contributed by atoms with E-state index in [1.165, 1.54) is 74.6 Å². The predicted octanol–water partition coefficient (Wildman–Crippen LogP) is 0.746. The van der Waals surface area contributed by atoms with Crippen molar-refractivity contribution < 1.29 is 71.8 Å². The smallest absolute Gasteiger partial charge is 0.329 e.